The largest absolute Gasteiger partial charge is 0.481 e. The first-order chi connectivity index (χ1) is 25.5. The van der Waals surface area contributed by atoms with Gasteiger partial charge in [0.2, 0.25) is 0 Å². The zero-order chi connectivity index (χ0) is 40.7. The molecule has 1 aromatic heterocycles. The Kier molecular flexibility index (Phi) is 10.7. The maximum Gasteiger partial charge on any atom is 0.307 e. The Balaban J connectivity index is 1.52. The average molecular weight is 760 g/mol. The molecule has 55 heavy (non-hydrogen) atoms. The van der Waals surface area contributed by atoms with E-state index in [1.807, 2.05) is 19.1 Å². The third kappa shape index (κ3) is 6.01. The van der Waals surface area contributed by atoms with E-state index >= 15 is 0 Å². The van der Waals surface area contributed by atoms with Crippen molar-refractivity contribution in [3.63, 3.8) is 0 Å². The summed E-state index contributed by atoms with van der Waals surface area (Å²) in [5.41, 5.74) is 7.21. The van der Waals surface area contributed by atoms with Crippen molar-refractivity contribution in [1.82, 2.24) is 14.8 Å². The second-order valence-electron chi connectivity index (χ2n) is 21.1. The first-order valence-electron chi connectivity index (χ1n) is 21.2. The smallest absolute Gasteiger partial charge is 0.307 e. The number of aromatic nitrogens is 3. The molecule has 5 aliphatic rings. The van der Waals surface area contributed by atoms with Gasteiger partial charge in [-0.25, -0.2) is 9.67 Å². The number of ether oxygens (including phenoxy) is 2. The minimum absolute atomic E-state index is 0.0338. The molecule has 3 N–H and O–H groups in total. The number of hydrogen-bond acceptors (Lipinski definition) is 7. The predicted molar refractivity (Wildman–Crippen MR) is 221 cm³/mol. The van der Waals surface area contributed by atoms with Crippen LogP contribution in [0.25, 0.3) is 5.57 Å². The maximum atomic E-state index is 13.6. The molecule has 4 fully saturated rings. The normalized spacial score (nSPS) is 42.2. The molecular weight excluding hydrogens is 687 g/mol. The van der Waals surface area contributed by atoms with Gasteiger partial charge in [-0.05, 0) is 117 Å². The molecule has 4 aliphatic carbocycles. The van der Waals surface area contributed by atoms with Gasteiger partial charge >= 0.3 is 5.97 Å². The lowest BCUT2D eigenvalue weighted by Crippen LogP contribution is -2.71. The molecule has 6 rings (SSSR count). The minimum atomic E-state index is -0.631. The summed E-state index contributed by atoms with van der Waals surface area (Å²) in [4.78, 5) is 22.5. The number of nitrogens with zero attached hydrogens (tertiary/aromatic N) is 4. The van der Waals surface area contributed by atoms with Crippen LogP contribution < -0.4 is 5.73 Å². The van der Waals surface area contributed by atoms with Gasteiger partial charge in [-0.3, -0.25) is 9.79 Å². The van der Waals surface area contributed by atoms with E-state index in [0.29, 0.717) is 31.0 Å². The van der Waals surface area contributed by atoms with Crippen molar-refractivity contribution in [3.05, 3.63) is 42.2 Å². The monoisotopic (exact) mass is 760 g/mol. The van der Waals surface area contributed by atoms with E-state index < -0.39 is 22.8 Å². The van der Waals surface area contributed by atoms with Gasteiger partial charge in [0.05, 0.1) is 37.4 Å². The molecular formula is C46H73N5O4. The number of allylic oxidation sites excluding steroid dienone is 4. The van der Waals surface area contributed by atoms with Gasteiger partial charge in [0, 0.05) is 28.1 Å². The first kappa shape index (κ1) is 42.0. The van der Waals surface area contributed by atoms with Crippen molar-refractivity contribution in [1.29, 1.82) is 0 Å². The van der Waals surface area contributed by atoms with Crippen LogP contribution in [0.5, 0.6) is 0 Å². The Morgan fingerprint density at radius 1 is 1.16 bits per heavy atom. The van der Waals surface area contributed by atoms with Gasteiger partial charge < -0.3 is 20.3 Å². The van der Waals surface area contributed by atoms with E-state index in [1.54, 1.807) is 12.5 Å². The molecule has 306 valence electrons. The topological polar surface area (TPSA) is 125 Å². The highest BCUT2D eigenvalue weighted by atomic mass is 16.5. The number of aliphatic carboxylic acids is 1. The fourth-order valence-corrected chi connectivity index (χ4v) is 13.1. The van der Waals surface area contributed by atoms with Crippen LogP contribution >= 0.6 is 0 Å². The predicted octanol–water partition coefficient (Wildman–Crippen LogP) is 9.56. The van der Waals surface area contributed by atoms with Crippen LogP contribution in [0.3, 0.4) is 0 Å². The third-order valence-corrected chi connectivity index (χ3v) is 17.7. The molecule has 1 aliphatic heterocycles. The number of hydrogen-bond donors (Lipinski definition) is 2. The molecule has 1 aromatic rings. The molecule has 1 saturated heterocycles. The molecule has 3 saturated carbocycles. The molecule has 13 atom stereocenters. The number of fused-ring (bicyclic) bond motifs is 3. The Bertz CT molecular complexity index is 1740. The Hall–Kier alpha value is -2.62. The fraction of sp³-hybridized carbons (Fsp3) is 0.783. The molecule has 9 heteroatoms. The van der Waals surface area contributed by atoms with Crippen molar-refractivity contribution >= 4 is 18.3 Å². The van der Waals surface area contributed by atoms with Crippen LogP contribution in [-0.2, 0) is 14.3 Å². The lowest BCUT2D eigenvalue weighted by atomic mass is 9.33. The molecule has 2 bridgehead atoms. The molecule has 1 unspecified atom stereocenters. The Labute approximate surface area is 332 Å². The highest BCUT2D eigenvalue weighted by molar-refractivity contribution is 5.73. The number of carboxylic acids is 1. The summed E-state index contributed by atoms with van der Waals surface area (Å²) >= 11 is 0. The van der Waals surface area contributed by atoms with Crippen LogP contribution in [-0.4, -0.2) is 63.5 Å². The molecule has 9 nitrogen and oxygen atoms in total. The third-order valence-electron chi connectivity index (χ3n) is 17.7. The SMILES string of the molecule is C=N/C=C\C(=C/C)c1ncnn1[C@@H]1C[C@]23C4=CC[C@@]5(C)[C@H](C(=O)O)[C@@](C)([C@H](C)C(C)C)CC[C@]5(C)[C@H]4CC[C@H]2[C@@](C)(CO[C@H]3C)[C@H]1OCC(C)(N)C(C)(C)C. The number of carbonyl (C=O) groups is 1. The van der Waals surface area contributed by atoms with Gasteiger partial charge in [0.1, 0.15) is 6.33 Å². The van der Waals surface area contributed by atoms with Crippen molar-refractivity contribution in [2.75, 3.05) is 13.2 Å². The van der Waals surface area contributed by atoms with Gasteiger partial charge in [-0.15, -0.1) is 0 Å². The molecule has 0 spiro atoms. The second kappa shape index (κ2) is 14.0. The van der Waals surface area contributed by atoms with Gasteiger partial charge in [-0.2, -0.15) is 5.10 Å². The molecule has 2 heterocycles. The molecule has 0 radical (unpaired) electrons. The highest BCUT2D eigenvalue weighted by Crippen LogP contribution is 2.76. The summed E-state index contributed by atoms with van der Waals surface area (Å²) in [6.45, 7) is 33.8. The Morgan fingerprint density at radius 3 is 2.45 bits per heavy atom. The summed E-state index contributed by atoms with van der Waals surface area (Å²) in [7, 11) is 0. The lowest BCUT2D eigenvalue weighted by Gasteiger charge is -2.72. The van der Waals surface area contributed by atoms with Crippen LogP contribution in [0, 0.1) is 62.1 Å². The minimum Gasteiger partial charge on any atom is -0.481 e. The summed E-state index contributed by atoms with van der Waals surface area (Å²) in [5.74, 6) is 0.973. The quantitative estimate of drug-likeness (QED) is 0.138. The fourth-order valence-electron chi connectivity index (χ4n) is 13.1. The van der Waals surface area contributed by atoms with Crippen molar-refractivity contribution in [3.8, 4) is 0 Å². The van der Waals surface area contributed by atoms with Gasteiger partial charge in [-0.1, -0.05) is 87.0 Å². The number of rotatable bonds is 10. The molecule has 0 aromatic carbocycles. The average Bonchev–Trinajstić information content (AvgIpc) is 3.59. The Morgan fingerprint density at radius 2 is 1.85 bits per heavy atom. The van der Waals surface area contributed by atoms with Gasteiger partial charge in [0.25, 0.3) is 0 Å². The number of carboxylic acid groups (broad SMARTS) is 1. The maximum absolute atomic E-state index is 13.6. The summed E-state index contributed by atoms with van der Waals surface area (Å²) < 4.78 is 16.4. The van der Waals surface area contributed by atoms with E-state index in [-0.39, 0.29) is 51.2 Å². The lowest BCUT2D eigenvalue weighted by molar-refractivity contribution is -0.274. The first-order valence-corrected chi connectivity index (χ1v) is 21.2. The van der Waals surface area contributed by atoms with Crippen LogP contribution in [0.2, 0.25) is 0 Å². The van der Waals surface area contributed by atoms with Crippen LogP contribution in [0.1, 0.15) is 140 Å². The number of nitrogens with two attached hydrogens (primary N) is 1. The van der Waals surface area contributed by atoms with Gasteiger partial charge in [0.15, 0.2) is 5.82 Å². The summed E-state index contributed by atoms with van der Waals surface area (Å²) in [6, 6.07) is -0.157. The van der Waals surface area contributed by atoms with Crippen LogP contribution in [0.4, 0.5) is 0 Å². The van der Waals surface area contributed by atoms with Crippen molar-refractivity contribution < 1.29 is 19.4 Å². The van der Waals surface area contributed by atoms with E-state index in [1.165, 1.54) is 5.57 Å². The molecule has 0 amide bonds. The summed E-state index contributed by atoms with van der Waals surface area (Å²) in [6.07, 6.45) is 15.2. The number of aliphatic imine (C=N–C) groups is 1. The standard InChI is InChI=1S/C46H73N5O4/c1-15-31(19-23-48-14)38-49-27-50-51(38)34-24-46-30(5)54-25-42(10,37(34)55-26-45(13,47)40(6,7)8)35(46)17-16-32-33(46)18-20-44(12)36(39(52)53)41(9,29(4)28(2)3)21-22-43(32,44)11/h15,18-19,23,27-30,32,34-37H,14,16-17,20-22,24-26,47H2,1-13H3,(H,52,53)/b23-19-,31-15+/t29-,30+,32+,34-,35+,36-,37+,41-,42-,43-,44+,45?,46+/m1/s1. The zero-order valence-corrected chi connectivity index (χ0v) is 36.4. The van der Waals surface area contributed by atoms with E-state index in [4.69, 9.17) is 25.3 Å². The summed E-state index contributed by atoms with van der Waals surface area (Å²) in [5, 5.41) is 16.2. The highest BCUT2D eigenvalue weighted by Gasteiger charge is 2.73. The zero-order valence-electron chi connectivity index (χ0n) is 36.4. The van der Waals surface area contributed by atoms with Crippen LogP contribution in [0.15, 0.2) is 41.3 Å². The van der Waals surface area contributed by atoms with E-state index in [2.05, 4.69) is 106 Å². The van der Waals surface area contributed by atoms with E-state index in [0.717, 1.165) is 49.9 Å². The second-order valence-corrected chi connectivity index (χ2v) is 21.1. The van der Waals surface area contributed by atoms with Crippen molar-refractivity contribution in [2.24, 2.45) is 72.8 Å². The van der Waals surface area contributed by atoms with E-state index in [9.17, 15) is 9.90 Å². The van der Waals surface area contributed by atoms with Crippen molar-refractivity contribution in [2.45, 2.75) is 152 Å².